The van der Waals surface area contributed by atoms with Crippen LogP contribution in [0.5, 0.6) is 0 Å². The second-order valence-corrected chi connectivity index (χ2v) is 7.49. The lowest BCUT2D eigenvalue weighted by Gasteiger charge is -2.26. The molecule has 1 aliphatic rings. The van der Waals surface area contributed by atoms with Crippen LogP contribution in [-0.2, 0) is 20.7 Å². The number of ether oxygens (including phenoxy) is 1. The van der Waals surface area contributed by atoms with E-state index in [0.717, 1.165) is 34.9 Å². The molecular formula is C16H22ClNO3S. The largest absolute Gasteiger partial charge is 0.466 e. The lowest BCUT2D eigenvalue weighted by atomic mass is 9.86. The molecule has 0 bridgehead atoms. The number of carbonyl (C=O) groups is 2. The van der Waals surface area contributed by atoms with Gasteiger partial charge in [-0.15, -0.1) is 11.3 Å². The number of hydrogen-bond acceptors (Lipinski definition) is 4. The first-order chi connectivity index (χ1) is 10.6. The Hall–Kier alpha value is -1.07. The van der Waals surface area contributed by atoms with Gasteiger partial charge in [-0.3, -0.25) is 9.59 Å². The van der Waals surface area contributed by atoms with Gasteiger partial charge >= 0.3 is 5.97 Å². The highest BCUT2D eigenvalue weighted by atomic mass is 35.5. The summed E-state index contributed by atoms with van der Waals surface area (Å²) < 4.78 is 5.93. The Morgan fingerprint density at radius 3 is 2.68 bits per heavy atom. The summed E-state index contributed by atoms with van der Waals surface area (Å²) in [6, 6.07) is 3.78. The molecule has 0 saturated heterocycles. The summed E-state index contributed by atoms with van der Waals surface area (Å²) in [5.41, 5.74) is -0.516. The van der Waals surface area contributed by atoms with Crippen LogP contribution in [0, 0.1) is 5.41 Å². The highest BCUT2D eigenvalue weighted by molar-refractivity contribution is 7.16. The van der Waals surface area contributed by atoms with Crippen molar-refractivity contribution < 1.29 is 14.3 Å². The van der Waals surface area contributed by atoms with Crippen molar-refractivity contribution in [2.45, 2.75) is 45.4 Å². The summed E-state index contributed by atoms with van der Waals surface area (Å²) in [4.78, 5) is 25.3. The third-order valence-corrected chi connectivity index (χ3v) is 5.41. The third kappa shape index (κ3) is 4.46. The summed E-state index contributed by atoms with van der Waals surface area (Å²) in [6.45, 7) is 2.58. The lowest BCUT2D eigenvalue weighted by molar-refractivity contribution is -0.155. The predicted octanol–water partition coefficient (Wildman–Crippen LogP) is 3.57. The van der Waals surface area contributed by atoms with Gasteiger partial charge in [0.1, 0.15) is 0 Å². The maximum absolute atomic E-state index is 12.2. The van der Waals surface area contributed by atoms with Gasteiger partial charge in [0.2, 0.25) is 5.91 Å². The third-order valence-electron chi connectivity index (χ3n) is 4.12. The number of esters is 1. The number of aryl methyl sites for hydroxylation is 1. The van der Waals surface area contributed by atoms with Crippen molar-refractivity contribution in [1.29, 1.82) is 0 Å². The van der Waals surface area contributed by atoms with Crippen LogP contribution < -0.4 is 5.32 Å². The molecule has 1 aromatic rings. The van der Waals surface area contributed by atoms with Gasteiger partial charge in [0, 0.05) is 17.8 Å². The van der Waals surface area contributed by atoms with Crippen LogP contribution in [0.25, 0.3) is 0 Å². The molecule has 1 aliphatic carbocycles. The number of amides is 1. The number of nitrogens with one attached hydrogen (secondary N) is 1. The Morgan fingerprint density at radius 1 is 1.36 bits per heavy atom. The first-order valence-corrected chi connectivity index (χ1v) is 8.93. The fourth-order valence-electron chi connectivity index (χ4n) is 2.87. The minimum Gasteiger partial charge on any atom is -0.466 e. The van der Waals surface area contributed by atoms with Gasteiger partial charge in [0.05, 0.1) is 16.4 Å². The molecule has 0 spiro atoms. The van der Waals surface area contributed by atoms with E-state index >= 15 is 0 Å². The molecule has 122 valence electrons. The predicted molar refractivity (Wildman–Crippen MR) is 88.2 cm³/mol. The monoisotopic (exact) mass is 343 g/mol. The van der Waals surface area contributed by atoms with E-state index in [-0.39, 0.29) is 11.9 Å². The molecular weight excluding hydrogens is 322 g/mol. The van der Waals surface area contributed by atoms with Crippen molar-refractivity contribution >= 4 is 34.8 Å². The summed E-state index contributed by atoms with van der Waals surface area (Å²) in [7, 11) is 0. The smallest absolute Gasteiger partial charge is 0.313 e. The quantitative estimate of drug-likeness (QED) is 0.770. The van der Waals surface area contributed by atoms with Crippen molar-refractivity contribution in [2.24, 2.45) is 5.41 Å². The summed E-state index contributed by atoms with van der Waals surface area (Å²) in [5.74, 6) is -0.196. The van der Waals surface area contributed by atoms with Crippen molar-refractivity contribution in [2.75, 3.05) is 13.2 Å². The molecule has 22 heavy (non-hydrogen) atoms. The molecule has 1 fully saturated rings. The van der Waals surface area contributed by atoms with Crippen molar-refractivity contribution in [3.63, 3.8) is 0 Å². The van der Waals surface area contributed by atoms with Gasteiger partial charge in [-0.1, -0.05) is 24.4 Å². The highest BCUT2D eigenvalue weighted by Crippen LogP contribution is 2.38. The summed E-state index contributed by atoms with van der Waals surface area (Å²) >= 11 is 7.37. The molecule has 1 aromatic heterocycles. The molecule has 0 radical (unpaired) electrons. The molecule has 6 heteroatoms. The van der Waals surface area contributed by atoms with Crippen molar-refractivity contribution in [3.8, 4) is 0 Å². The first kappa shape index (κ1) is 17.3. The van der Waals surface area contributed by atoms with Crippen LogP contribution in [0.1, 0.15) is 43.9 Å². The van der Waals surface area contributed by atoms with Crippen molar-refractivity contribution in [1.82, 2.24) is 5.32 Å². The number of thiophene rings is 1. The molecule has 1 N–H and O–H groups in total. The minimum absolute atomic E-state index is 0.0277. The van der Waals surface area contributed by atoms with E-state index < -0.39 is 5.41 Å². The lowest BCUT2D eigenvalue weighted by Crippen LogP contribution is -2.42. The fraction of sp³-hybridized carbons (Fsp3) is 0.625. The second kappa shape index (κ2) is 7.97. The van der Waals surface area contributed by atoms with E-state index in [9.17, 15) is 9.59 Å². The van der Waals surface area contributed by atoms with E-state index in [1.165, 1.54) is 11.3 Å². The van der Waals surface area contributed by atoms with Gasteiger partial charge in [-0.2, -0.15) is 0 Å². The first-order valence-electron chi connectivity index (χ1n) is 7.74. The second-order valence-electron chi connectivity index (χ2n) is 5.69. The Bertz CT molecular complexity index is 523. The standard InChI is InChI=1S/C16H22ClNO3S/c1-2-21-15(20)16(9-3-4-10-16)11-18-14(19)8-6-12-5-7-13(17)22-12/h5,7H,2-4,6,8-11H2,1H3,(H,18,19). The summed E-state index contributed by atoms with van der Waals surface area (Å²) in [6.07, 6.45) is 4.72. The Balaban J connectivity index is 1.81. The molecule has 4 nitrogen and oxygen atoms in total. The van der Waals surface area contributed by atoms with Crippen LogP contribution >= 0.6 is 22.9 Å². The number of hydrogen-bond donors (Lipinski definition) is 1. The van der Waals surface area contributed by atoms with Gasteiger partial charge in [-0.25, -0.2) is 0 Å². The summed E-state index contributed by atoms with van der Waals surface area (Å²) in [5, 5.41) is 2.91. The Morgan fingerprint density at radius 2 is 2.09 bits per heavy atom. The van der Waals surface area contributed by atoms with Crippen LogP contribution in [0.3, 0.4) is 0 Å². The number of halogens is 1. The highest BCUT2D eigenvalue weighted by Gasteiger charge is 2.42. The molecule has 1 amide bonds. The van der Waals surface area contributed by atoms with Crippen LogP contribution in [-0.4, -0.2) is 25.0 Å². The van der Waals surface area contributed by atoms with Crippen LogP contribution in [0.2, 0.25) is 4.34 Å². The van der Waals surface area contributed by atoms with Crippen LogP contribution in [0.4, 0.5) is 0 Å². The zero-order chi connectivity index (χ0) is 16.0. The zero-order valence-corrected chi connectivity index (χ0v) is 14.4. The molecule has 2 rings (SSSR count). The molecule has 0 aliphatic heterocycles. The molecule has 1 heterocycles. The van der Waals surface area contributed by atoms with Gasteiger partial charge < -0.3 is 10.1 Å². The van der Waals surface area contributed by atoms with E-state index in [2.05, 4.69) is 5.32 Å². The van der Waals surface area contributed by atoms with Gasteiger partial charge in [-0.05, 0) is 38.3 Å². The van der Waals surface area contributed by atoms with Crippen LogP contribution in [0.15, 0.2) is 12.1 Å². The molecule has 0 atom stereocenters. The fourth-order valence-corrected chi connectivity index (χ4v) is 3.96. The molecule has 1 saturated carbocycles. The molecule has 0 unspecified atom stereocenters. The average molecular weight is 344 g/mol. The number of rotatable bonds is 7. The Kier molecular flexibility index (Phi) is 6.26. The normalized spacial score (nSPS) is 16.5. The van der Waals surface area contributed by atoms with Gasteiger partial charge in [0.15, 0.2) is 0 Å². The minimum atomic E-state index is -0.516. The topological polar surface area (TPSA) is 55.4 Å². The maximum Gasteiger partial charge on any atom is 0.313 e. The zero-order valence-electron chi connectivity index (χ0n) is 12.8. The number of carbonyl (C=O) groups excluding carboxylic acids is 2. The van der Waals surface area contributed by atoms with Gasteiger partial charge in [0.25, 0.3) is 0 Å². The van der Waals surface area contributed by atoms with Crippen molar-refractivity contribution in [3.05, 3.63) is 21.3 Å². The van der Waals surface area contributed by atoms with E-state index in [1.807, 2.05) is 19.1 Å². The van der Waals surface area contributed by atoms with E-state index in [0.29, 0.717) is 26.0 Å². The SMILES string of the molecule is CCOC(=O)C1(CNC(=O)CCc2ccc(Cl)s2)CCCC1. The Labute approximate surface area is 140 Å². The molecule has 0 aromatic carbocycles. The maximum atomic E-state index is 12.2. The van der Waals surface area contributed by atoms with E-state index in [1.54, 1.807) is 0 Å². The average Bonchev–Trinajstić information content (AvgIpc) is 3.13. The van der Waals surface area contributed by atoms with E-state index in [4.69, 9.17) is 16.3 Å².